The lowest BCUT2D eigenvalue weighted by molar-refractivity contribution is -0.118. The lowest BCUT2D eigenvalue weighted by atomic mass is 10.2. The van der Waals surface area contributed by atoms with Gasteiger partial charge < -0.3 is 10.1 Å². The summed E-state index contributed by atoms with van der Waals surface area (Å²) in [5, 5.41) is 2.75. The zero-order chi connectivity index (χ0) is 17.6. The molecular formula is C18H17ClFNO2S2. The molecule has 3 nitrogen and oxygen atoms in total. The third-order valence-electron chi connectivity index (χ3n) is 3.55. The number of carbonyl (C=O) groups is 1. The average Bonchev–Trinajstić information content (AvgIpc) is 2.63. The first-order valence-corrected chi connectivity index (χ1v) is 10.3. The van der Waals surface area contributed by atoms with Crippen LogP contribution in [0.15, 0.2) is 42.5 Å². The van der Waals surface area contributed by atoms with Crippen molar-refractivity contribution < 1.29 is 13.9 Å². The number of hydrogen-bond donors (Lipinski definition) is 1. The van der Waals surface area contributed by atoms with Crippen molar-refractivity contribution in [2.45, 2.75) is 11.0 Å². The van der Waals surface area contributed by atoms with Gasteiger partial charge >= 0.3 is 0 Å². The highest BCUT2D eigenvalue weighted by Crippen LogP contribution is 2.43. The molecule has 1 aliphatic rings. The van der Waals surface area contributed by atoms with Gasteiger partial charge in [0.1, 0.15) is 11.6 Å². The molecule has 0 atom stereocenters. The van der Waals surface area contributed by atoms with E-state index in [9.17, 15) is 9.18 Å². The van der Waals surface area contributed by atoms with Gasteiger partial charge in [0.15, 0.2) is 6.61 Å². The molecule has 1 N–H and O–H groups in total. The van der Waals surface area contributed by atoms with Gasteiger partial charge in [-0.1, -0.05) is 23.7 Å². The van der Waals surface area contributed by atoms with Crippen molar-refractivity contribution in [3.8, 4) is 5.75 Å². The van der Waals surface area contributed by atoms with Crippen LogP contribution in [0.25, 0.3) is 0 Å². The summed E-state index contributed by atoms with van der Waals surface area (Å²) in [6, 6.07) is 11.6. The minimum absolute atomic E-state index is 0.139. The van der Waals surface area contributed by atoms with E-state index in [0.29, 0.717) is 16.0 Å². The van der Waals surface area contributed by atoms with Crippen molar-refractivity contribution in [2.24, 2.45) is 0 Å². The number of carbonyl (C=O) groups excluding carboxylic acids is 1. The van der Waals surface area contributed by atoms with E-state index in [1.54, 1.807) is 0 Å². The van der Waals surface area contributed by atoms with Crippen molar-refractivity contribution in [1.29, 1.82) is 0 Å². The lowest BCUT2D eigenvalue weighted by Gasteiger charge is -2.21. The molecule has 132 valence electrons. The number of ether oxygens (including phenoxy) is 1. The van der Waals surface area contributed by atoms with Crippen molar-refractivity contribution in [3.63, 3.8) is 0 Å². The first-order valence-electron chi connectivity index (χ1n) is 7.83. The molecule has 1 saturated heterocycles. The minimum Gasteiger partial charge on any atom is -0.484 e. The molecule has 0 bridgehead atoms. The second-order valence-corrected chi connectivity index (χ2v) is 8.59. The number of hydrogen-bond acceptors (Lipinski definition) is 4. The summed E-state index contributed by atoms with van der Waals surface area (Å²) in [5.74, 6) is 2.23. The summed E-state index contributed by atoms with van der Waals surface area (Å²) in [6.07, 6.45) is 1.26. The van der Waals surface area contributed by atoms with Crippen molar-refractivity contribution in [3.05, 3.63) is 58.9 Å². The summed E-state index contributed by atoms with van der Waals surface area (Å²) in [4.78, 5) is 11.9. The Labute approximate surface area is 159 Å². The van der Waals surface area contributed by atoms with Crippen LogP contribution in [-0.2, 0) is 4.79 Å². The Morgan fingerprint density at radius 3 is 2.60 bits per heavy atom. The van der Waals surface area contributed by atoms with Gasteiger partial charge in [-0.3, -0.25) is 4.79 Å². The van der Waals surface area contributed by atoms with Gasteiger partial charge in [-0.25, -0.2) is 4.39 Å². The van der Waals surface area contributed by atoms with Crippen LogP contribution in [0.4, 0.5) is 10.1 Å². The first kappa shape index (κ1) is 18.4. The Balaban J connectivity index is 1.51. The summed E-state index contributed by atoms with van der Waals surface area (Å²) < 4.78 is 19.0. The normalized spacial score (nSPS) is 15.0. The Bertz CT molecular complexity index is 736. The number of amides is 1. The van der Waals surface area contributed by atoms with E-state index < -0.39 is 5.82 Å². The number of anilines is 1. The van der Waals surface area contributed by atoms with Crippen LogP contribution in [0.1, 0.15) is 16.6 Å². The van der Waals surface area contributed by atoms with E-state index >= 15 is 0 Å². The molecule has 1 aliphatic heterocycles. The van der Waals surface area contributed by atoms with Gasteiger partial charge in [0.05, 0.1) is 15.3 Å². The molecule has 2 aromatic rings. The predicted molar refractivity (Wildman–Crippen MR) is 104 cm³/mol. The fraction of sp³-hybridized carbons (Fsp3) is 0.278. The number of halogens is 2. The van der Waals surface area contributed by atoms with Crippen molar-refractivity contribution in [1.82, 2.24) is 0 Å². The van der Waals surface area contributed by atoms with Gasteiger partial charge in [-0.05, 0) is 53.8 Å². The molecular weight excluding hydrogens is 381 g/mol. The highest BCUT2D eigenvalue weighted by Gasteiger charge is 2.16. The number of nitrogens with one attached hydrogen (secondary N) is 1. The largest absolute Gasteiger partial charge is 0.484 e. The Hall–Kier alpha value is -1.37. The van der Waals surface area contributed by atoms with Crippen molar-refractivity contribution in [2.75, 3.05) is 23.4 Å². The van der Waals surface area contributed by atoms with E-state index in [1.807, 2.05) is 47.8 Å². The zero-order valence-electron chi connectivity index (χ0n) is 13.3. The second-order valence-electron chi connectivity index (χ2n) is 5.46. The molecule has 0 spiro atoms. The molecule has 25 heavy (non-hydrogen) atoms. The van der Waals surface area contributed by atoms with E-state index in [2.05, 4.69) is 5.32 Å². The minimum atomic E-state index is -0.450. The third kappa shape index (κ3) is 5.30. The maximum Gasteiger partial charge on any atom is 0.262 e. The fourth-order valence-electron chi connectivity index (χ4n) is 2.33. The molecule has 0 unspecified atom stereocenters. The monoisotopic (exact) mass is 397 g/mol. The van der Waals surface area contributed by atoms with E-state index in [0.717, 1.165) is 6.07 Å². The number of thioether (sulfide) groups is 2. The molecule has 1 amide bonds. The summed E-state index contributed by atoms with van der Waals surface area (Å²) in [5.41, 5.74) is 1.63. The highest BCUT2D eigenvalue weighted by atomic mass is 35.5. The van der Waals surface area contributed by atoms with Crippen LogP contribution >= 0.6 is 35.1 Å². The van der Waals surface area contributed by atoms with Gasteiger partial charge in [0.25, 0.3) is 5.91 Å². The standard InChI is InChI=1S/C18H17ClFNO2S2/c19-15-10-13(20)4-7-16(15)21-17(22)11-23-14-5-2-12(3-6-14)18-24-8-1-9-25-18/h2-7,10,18H,1,8-9,11H2,(H,21,22). The fourth-order valence-corrected chi connectivity index (χ4v) is 5.44. The topological polar surface area (TPSA) is 38.3 Å². The number of rotatable bonds is 5. The van der Waals surface area contributed by atoms with Crippen LogP contribution in [-0.4, -0.2) is 24.0 Å². The molecule has 1 fully saturated rings. The van der Waals surface area contributed by atoms with E-state index in [1.165, 1.54) is 35.6 Å². The summed E-state index contributed by atoms with van der Waals surface area (Å²) in [7, 11) is 0. The smallest absolute Gasteiger partial charge is 0.262 e. The summed E-state index contributed by atoms with van der Waals surface area (Å²) in [6.45, 7) is -0.139. The second kappa shape index (κ2) is 8.83. The van der Waals surface area contributed by atoms with Crippen LogP contribution in [0.5, 0.6) is 5.75 Å². The quantitative estimate of drug-likeness (QED) is 0.736. The average molecular weight is 398 g/mol. The highest BCUT2D eigenvalue weighted by molar-refractivity contribution is 8.16. The van der Waals surface area contributed by atoms with Crippen LogP contribution < -0.4 is 10.1 Å². The molecule has 2 aromatic carbocycles. The summed E-state index contributed by atoms with van der Waals surface area (Å²) >= 11 is 9.81. The first-order chi connectivity index (χ1) is 12.1. The molecule has 7 heteroatoms. The van der Waals surface area contributed by atoms with Crippen LogP contribution in [0.2, 0.25) is 5.02 Å². The molecule has 3 rings (SSSR count). The Morgan fingerprint density at radius 1 is 1.20 bits per heavy atom. The van der Waals surface area contributed by atoms with Crippen LogP contribution in [0, 0.1) is 5.82 Å². The van der Waals surface area contributed by atoms with E-state index in [-0.39, 0.29) is 17.5 Å². The Morgan fingerprint density at radius 2 is 1.92 bits per heavy atom. The van der Waals surface area contributed by atoms with Gasteiger partial charge in [-0.15, -0.1) is 23.5 Å². The Kier molecular flexibility index (Phi) is 6.51. The van der Waals surface area contributed by atoms with E-state index in [4.69, 9.17) is 16.3 Å². The van der Waals surface area contributed by atoms with Crippen LogP contribution in [0.3, 0.4) is 0 Å². The SMILES string of the molecule is O=C(COc1ccc(C2SCCCS2)cc1)Nc1ccc(F)cc1Cl. The molecule has 0 aromatic heterocycles. The molecule has 0 radical (unpaired) electrons. The van der Waals surface area contributed by atoms with Gasteiger partial charge in [0, 0.05) is 0 Å². The maximum absolute atomic E-state index is 13.0. The molecule has 1 heterocycles. The van der Waals surface area contributed by atoms with Gasteiger partial charge in [0.2, 0.25) is 0 Å². The van der Waals surface area contributed by atoms with Gasteiger partial charge in [-0.2, -0.15) is 0 Å². The molecule has 0 aliphatic carbocycles. The zero-order valence-corrected chi connectivity index (χ0v) is 15.7. The lowest BCUT2D eigenvalue weighted by Crippen LogP contribution is -2.20. The predicted octanol–water partition coefficient (Wildman–Crippen LogP) is 5.37. The van der Waals surface area contributed by atoms with Crippen molar-refractivity contribution >= 4 is 46.7 Å². The number of benzene rings is 2. The third-order valence-corrected chi connectivity index (χ3v) is 6.88. The maximum atomic E-state index is 13.0. The molecule has 0 saturated carbocycles.